The minimum Gasteiger partial charge on any atom is -0.426 e. The molecule has 0 saturated heterocycles. The van der Waals surface area contributed by atoms with Crippen LogP contribution in [0.15, 0.2) is 61.1 Å². The normalized spacial score (nSPS) is 18.7. The summed E-state index contributed by atoms with van der Waals surface area (Å²) >= 11 is 0. The molecule has 1 aliphatic heterocycles. The molecule has 3 aromatic rings. The molecule has 2 heterocycles. The molecular weight excluding hydrogens is 360 g/mol. The van der Waals surface area contributed by atoms with Crippen molar-refractivity contribution in [3.63, 3.8) is 0 Å². The van der Waals surface area contributed by atoms with E-state index in [1.807, 2.05) is 24.3 Å². The molecule has 0 fully saturated rings. The third-order valence-electron chi connectivity index (χ3n) is 5.11. The highest BCUT2D eigenvalue weighted by Gasteiger charge is 2.48. The number of para-hydroxylation sites is 1. The van der Waals surface area contributed by atoms with Gasteiger partial charge in [-0.05, 0) is 41.3 Å². The van der Waals surface area contributed by atoms with Crippen LogP contribution in [0, 0.1) is 5.82 Å². The molecule has 8 heteroatoms. The van der Waals surface area contributed by atoms with Crippen LogP contribution in [0.25, 0.3) is 0 Å². The lowest BCUT2D eigenvalue weighted by Gasteiger charge is -2.32. The molecule has 6 nitrogen and oxygen atoms in total. The molecule has 2 aromatic carbocycles. The van der Waals surface area contributed by atoms with Gasteiger partial charge in [0.25, 0.3) is 0 Å². The number of hydrogen-bond acceptors (Lipinski definition) is 6. The van der Waals surface area contributed by atoms with Crippen molar-refractivity contribution < 1.29 is 19.3 Å². The van der Waals surface area contributed by atoms with Crippen LogP contribution in [0.1, 0.15) is 22.4 Å². The Morgan fingerprint density at radius 2 is 1.93 bits per heavy atom. The Morgan fingerprint density at radius 1 is 1.14 bits per heavy atom. The van der Waals surface area contributed by atoms with Gasteiger partial charge >= 0.3 is 7.12 Å². The molecule has 0 radical (unpaired) electrons. The van der Waals surface area contributed by atoms with Gasteiger partial charge in [0.2, 0.25) is 0 Å². The van der Waals surface area contributed by atoms with Crippen molar-refractivity contribution in [2.45, 2.75) is 18.2 Å². The SMILES string of the molecule is OB(O)C1(c2ncncc2Cc2ccc(F)cc2)CNOc2ccccc2C1. The Morgan fingerprint density at radius 3 is 2.71 bits per heavy atom. The van der Waals surface area contributed by atoms with Crippen molar-refractivity contribution in [1.82, 2.24) is 15.4 Å². The van der Waals surface area contributed by atoms with Gasteiger partial charge in [-0.1, -0.05) is 30.3 Å². The quantitative estimate of drug-likeness (QED) is 0.597. The van der Waals surface area contributed by atoms with E-state index < -0.39 is 12.4 Å². The van der Waals surface area contributed by atoms with E-state index in [4.69, 9.17) is 4.84 Å². The summed E-state index contributed by atoms with van der Waals surface area (Å²) in [6.45, 7) is 0.146. The number of fused-ring (bicyclic) bond motifs is 1. The Balaban J connectivity index is 1.78. The third kappa shape index (κ3) is 3.49. The summed E-state index contributed by atoms with van der Waals surface area (Å²) in [7, 11) is -1.68. The summed E-state index contributed by atoms with van der Waals surface area (Å²) < 4.78 is 13.2. The van der Waals surface area contributed by atoms with E-state index >= 15 is 0 Å². The largest absolute Gasteiger partial charge is 0.466 e. The summed E-state index contributed by atoms with van der Waals surface area (Å²) in [6, 6.07) is 13.6. The van der Waals surface area contributed by atoms with Crippen molar-refractivity contribution in [1.29, 1.82) is 0 Å². The number of hydrogen-bond donors (Lipinski definition) is 3. The second kappa shape index (κ2) is 7.67. The maximum absolute atomic E-state index is 13.2. The fourth-order valence-electron chi connectivity index (χ4n) is 3.62. The molecule has 0 saturated carbocycles. The van der Waals surface area contributed by atoms with Crippen molar-refractivity contribution in [2.24, 2.45) is 0 Å². The maximum atomic E-state index is 13.2. The van der Waals surface area contributed by atoms with Crippen LogP contribution in [0.2, 0.25) is 0 Å². The second-order valence-electron chi connectivity index (χ2n) is 6.94. The first kappa shape index (κ1) is 18.6. The maximum Gasteiger partial charge on any atom is 0.466 e. The number of hydroxylamine groups is 1. The fraction of sp³-hybridized carbons (Fsp3) is 0.200. The standard InChI is InChI=1S/C20H19BFN3O3/c22-17-7-5-14(6-8-17)9-16-11-23-13-24-19(16)20(21(26)27)10-15-3-1-2-4-18(15)28-25-12-20/h1-8,11,13,25-27H,9-10,12H2. The van der Waals surface area contributed by atoms with Gasteiger partial charge in [-0.25, -0.2) is 14.4 Å². The Bertz CT molecular complexity index is 971. The molecule has 0 spiro atoms. The molecule has 28 heavy (non-hydrogen) atoms. The number of nitrogens with one attached hydrogen (secondary N) is 1. The molecule has 1 aromatic heterocycles. The summed E-state index contributed by atoms with van der Waals surface area (Å²) in [6.07, 6.45) is 3.81. The Hall–Kier alpha value is -2.81. The van der Waals surface area contributed by atoms with Crippen LogP contribution in [0.3, 0.4) is 0 Å². The zero-order valence-corrected chi connectivity index (χ0v) is 15.0. The average Bonchev–Trinajstić information content (AvgIpc) is 2.90. The van der Waals surface area contributed by atoms with Gasteiger partial charge in [-0.2, -0.15) is 5.48 Å². The van der Waals surface area contributed by atoms with E-state index in [0.717, 1.165) is 16.7 Å². The monoisotopic (exact) mass is 379 g/mol. The van der Waals surface area contributed by atoms with E-state index in [0.29, 0.717) is 24.3 Å². The van der Waals surface area contributed by atoms with Crippen molar-refractivity contribution >= 4 is 7.12 Å². The molecular formula is C20H19BFN3O3. The predicted octanol–water partition coefficient (Wildman–Crippen LogP) is 1.60. The van der Waals surface area contributed by atoms with Gasteiger partial charge in [0.05, 0.1) is 11.0 Å². The van der Waals surface area contributed by atoms with Gasteiger partial charge in [-0.3, -0.25) is 0 Å². The summed E-state index contributed by atoms with van der Waals surface area (Å²) in [5.41, 5.74) is 5.82. The van der Waals surface area contributed by atoms with Crippen molar-refractivity contribution in [2.75, 3.05) is 6.54 Å². The van der Waals surface area contributed by atoms with Gasteiger partial charge in [0, 0.05) is 19.2 Å². The Kier molecular flexibility index (Phi) is 5.08. The van der Waals surface area contributed by atoms with Crippen LogP contribution < -0.4 is 10.3 Å². The lowest BCUT2D eigenvalue weighted by Crippen LogP contribution is -2.53. The number of benzene rings is 2. The minimum atomic E-state index is -1.68. The molecule has 0 amide bonds. The third-order valence-corrected chi connectivity index (χ3v) is 5.11. The van der Waals surface area contributed by atoms with E-state index in [1.54, 1.807) is 18.3 Å². The highest BCUT2D eigenvalue weighted by molar-refractivity contribution is 6.46. The average molecular weight is 379 g/mol. The molecule has 0 aliphatic carbocycles. The van der Waals surface area contributed by atoms with Crippen LogP contribution in [0.4, 0.5) is 4.39 Å². The number of rotatable bonds is 4. The number of nitrogens with zero attached hydrogens (tertiary/aromatic N) is 2. The van der Waals surface area contributed by atoms with Crippen LogP contribution >= 0.6 is 0 Å². The van der Waals surface area contributed by atoms with Crippen LogP contribution in [-0.4, -0.2) is 33.7 Å². The first-order valence-electron chi connectivity index (χ1n) is 8.96. The molecule has 1 atom stereocenters. The first-order valence-corrected chi connectivity index (χ1v) is 8.96. The lowest BCUT2D eigenvalue weighted by molar-refractivity contribution is 0.181. The lowest BCUT2D eigenvalue weighted by atomic mass is 9.52. The van der Waals surface area contributed by atoms with E-state index in [1.165, 1.54) is 18.5 Å². The molecule has 4 rings (SSSR count). The van der Waals surface area contributed by atoms with Crippen LogP contribution in [0.5, 0.6) is 5.75 Å². The van der Waals surface area contributed by atoms with Gasteiger partial charge in [-0.15, -0.1) is 0 Å². The molecule has 0 bridgehead atoms. The number of halogens is 1. The van der Waals surface area contributed by atoms with E-state index in [9.17, 15) is 14.4 Å². The molecule has 142 valence electrons. The first-order chi connectivity index (χ1) is 13.6. The number of aromatic nitrogens is 2. The molecule has 1 unspecified atom stereocenters. The molecule has 3 N–H and O–H groups in total. The highest BCUT2D eigenvalue weighted by atomic mass is 19.1. The zero-order chi connectivity index (χ0) is 19.6. The zero-order valence-electron chi connectivity index (χ0n) is 15.0. The van der Waals surface area contributed by atoms with Gasteiger partial charge in [0.15, 0.2) is 0 Å². The molecule has 1 aliphatic rings. The Labute approximate surface area is 162 Å². The van der Waals surface area contributed by atoms with E-state index in [-0.39, 0.29) is 12.4 Å². The van der Waals surface area contributed by atoms with Gasteiger partial charge < -0.3 is 14.9 Å². The smallest absolute Gasteiger partial charge is 0.426 e. The predicted molar refractivity (Wildman–Crippen MR) is 102 cm³/mol. The van der Waals surface area contributed by atoms with Crippen molar-refractivity contribution in [3.8, 4) is 5.75 Å². The summed E-state index contributed by atoms with van der Waals surface area (Å²) in [5, 5.41) is 19.7. The van der Waals surface area contributed by atoms with E-state index in [2.05, 4.69) is 15.4 Å². The fourth-order valence-corrected chi connectivity index (χ4v) is 3.62. The highest BCUT2D eigenvalue weighted by Crippen LogP contribution is 2.35. The second-order valence-corrected chi connectivity index (χ2v) is 6.94. The van der Waals surface area contributed by atoms with Gasteiger partial charge in [0.1, 0.15) is 17.9 Å². The summed E-state index contributed by atoms with van der Waals surface area (Å²) in [4.78, 5) is 14.1. The minimum absolute atomic E-state index is 0.146. The van der Waals surface area contributed by atoms with Crippen LogP contribution in [-0.2, 0) is 18.2 Å². The topological polar surface area (TPSA) is 87.5 Å². The van der Waals surface area contributed by atoms with Crippen molar-refractivity contribution in [3.05, 3.63) is 89.3 Å². The summed E-state index contributed by atoms with van der Waals surface area (Å²) in [5.74, 6) is 0.330.